The molecular weight excluding hydrogens is 426 g/mol. The lowest BCUT2D eigenvalue weighted by Gasteiger charge is -2.44. The first-order valence-electron chi connectivity index (χ1n) is 11.6. The van der Waals surface area contributed by atoms with E-state index in [-0.39, 0.29) is 25.0 Å². The number of hydrogen-bond donors (Lipinski definition) is 2. The fourth-order valence-corrected chi connectivity index (χ4v) is 5.73. The Labute approximate surface area is 192 Å². The molecule has 1 aromatic carbocycles. The van der Waals surface area contributed by atoms with Crippen molar-refractivity contribution in [3.05, 3.63) is 54.0 Å². The highest BCUT2D eigenvalue weighted by Crippen LogP contribution is 2.58. The van der Waals surface area contributed by atoms with E-state index in [1.807, 2.05) is 37.3 Å². The molecule has 6 atom stereocenters. The summed E-state index contributed by atoms with van der Waals surface area (Å²) < 4.78 is 17.8. The lowest BCUT2D eigenvalue weighted by molar-refractivity contribution is -0.274. The van der Waals surface area contributed by atoms with Crippen LogP contribution in [-0.4, -0.2) is 45.9 Å². The minimum absolute atomic E-state index is 0.155. The number of aliphatic hydroxyl groups excluding tert-OH is 1. The number of aliphatic hydroxyl groups is 2. The molecule has 2 N–H and O–H groups in total. The van der Waals surface area contributed by atoms with Gasteiger partial charge in [-0.05, 0) is 43.5 Å². The number of hydrogen-bond acceptors (Lipinski definition) is 7. The van der Waals surface area contributed by atoms with Crippen LogP contribution in [0.25, 0.3) is 0 Å². The number of fused-ring (bicyclic) bond motifs is 3. The van der Waals surface area contributed by atoms with Crippen molar-refractivity contribution in [3.63, 3.8) is 0 Å². The Balaban J connectivity index is 1.46. The van der Waals surface area contributed by atoms with E-state index in [0.717, 1.165) is 0 Å². The molecule has 1 saturated carbocycles. The van der Waals surface area contributed by atoms with Gasteiger partial charge in [0.05, 0.1) is 18.4 Å². The molecule has 0 bridgehead atoms. The maximum atomic E-state index is 13.3. The molecule has 2 amide bonds. The average molecular weight is 456 g/mol. The van der Waals surface area contributed by atoms with Crippen molar-refractivity contribution >= 4 is 11.8 Å². The molecule has 3 aliphatic rings. The summed E-state index contributed by atoms with van der Waals surface area (Å²) >= 11 is 0. The van der Waals surface area contributed by atoms with E-state index in [2.05, 4.69) is 0 Å². The number of ether oxygens (including phenoxy) is 2. The van der Waals surface area contributed by atoms with Crippen molar-refractivity contribution in [2.24, 2.45) is 23.7 Å². The predicted octanol–water partition coefficient (Wildman–Crippen LogP) is 2.65. The molecule has 33 heavy (non-hydrogen) atoms. The molecular formula is C25H29NO7. The quantitative estimate of drug-likeness (QED) is 0.618. The molecule has 0 radical (unpaired) electrons. The van der Waals surface area contributed by atoms with E-state index < -0.39 is 35.6 Å². The predicted molar refractivity (Wildman–Crippen MR) is 116 cm³/mol. The lowest BCUT2D eigenvalue weighted by Crippen LogP contribution is -2.55. The Kier molecular flexibility index (Phi) is 5.76. The van der Waals surface area contributed by atoms with E-state index in [1.165, 1.54) is 4.90 Å². The summed E-state index contributed by atoms with van der Waals surface area (Å²) in [6, 6.07) is 12.7. The number of amides is 2. The Hall–Kier alpha value is -2.68. The molecule has 3 fully saturated rings. The van der Waals surface area contributed by atoms with Gasteiger partial charge < -0.3 is 24.1 Å². The van der Waals surface area contributed by atoms with Crippen molar-refractivity contribution in [2.45, 2.75) is 44.7 Å². The van der Waals surface area contributed by atoms with Gasteiger partial charge in [-0.1, -0.05) is 25.1 Å². The molecule has 0 unspecified atom stereocenters. The largest absolute Gasteiger partial charge is 0.493 e. The molecule has 8 nitrogen and oxygen atoms in total. The van der Waals surface area contributed by atoms with Gasteiger partial charge in [-0.25, -0.2) is 0 Å². The molecule has 3 heterocycles. The maximum Gasteiger partial charge on any atom is 0.233 e. The van der Waals surface area contributed by atoms with Gasteiger partial charge in [-0.3, -0.25) is 14.5 Å². The Morgan fingerprint density at radius 3 is 2.61 bits per heavy atom. The van der Waals surface area contributed by atoms with Gasteiger partial charge in [0, 0.05) is 18.4 Å². The van der Waals surface area contributed by atoms with Crippen molar-refractivity contribution in [3.8, 4) is 5.75 Å². The summed E-state index contributed by atoms with van der Waals surface area (Å²) in [5.74, 6) is -2.65. The Bertz CT molecular complexity index is 1020. The number of likely N-dealkylation sites (tertiary alicyclic amines) is 1. The number of nitrogens with zero attached hydrogens (tertiary/aromatic N) is 1. The molecule has 5 rings (SSSR count). The Morgan fingerprint density at radius 1 is 1.12 bits per heavy atom. The van der Waals surface area contributed by atoms with Gasteiger partial charge in [-0.15, -0.1) is 0 Å². The number of para-hydroxylation sites is 1. The lowest BCUT2D eigenvalue weighted by atomic mass is 9.64. The molecule has 1 aromatic heterocycles. The molecule has 0 spiro atoms. The number of rotatable bonds is 7. The van der Waals surface area contributed by atoms with Crippen LogP contribution >= 0.6 is 0 Å². The van der Waals surface area contributed by atoms with E-state index in [0.29, 0.717) is 43.1 Å². The standard InChI is InChI=1S/C25H29NO7/c1-2-10-26-23(28)18-11-15(14-31-16-6-4-3-5-7-16)25(30)19(22(18)24(26)29)12-21(33-25)20-9-8-17(13-27)32-20/h3-9,15,18-19,21-22,27,30H,2,10-14H2,1H3/t15-,18+,19+,21+,22+,25-/m1/s1. The zero-order valence-corrected chi connectivity index (χ0v) is 18.6. The minimum atomic E-state index is -1.63. The molecule has 2 saturated heterocycles. The van der Waals surface area contributed by atoms with Crippen LogP contribution < -0.4 is 4.74 Å². The second kappa shape index (κ2) is 8.59. The molecule has 2 aliphatic heterocycles. The van der Waals surface area contributed by atoms with Gasteiger partial charge in [0.25, 0.3) is 0 Å². The van der Waals surface area contributed by atoms with Crippen LogP contribution in [0.4, 0.5) is 0 Å². The Morgan fingerprint density at radius 2 is 1.91 bits per heavy atom. The number of furan rings is 1. The monoisotopic (exact) mass is 455 g/mol. The fraction of sp³-hybridized carbons (Fsp3) is 0.520. The molecule has 8 heteroatoms. The van der Waals surface area contributed by atoms with E-state index in [4.69, 9.17) is 13.9 Å². The van der Waals surface area contributed by atoms with Gasteiger partial charge in [0.2, 0.25) is 11.8 Å². The number of imide groups is 1. The van der Waals surface area contributed by atoms with Gasteiger partial charge >= 0.3 is 0 Å². The minimum Gasteiger partial charge on any atom is -0.493 e. The summed E-state index contributed by atoms with van der Waals surface area (Å²) in [4.78, 5) is 27.7. The van der Waals surface area contributed by atoms with Crippen LogP contribution in [-0.2, 0) is 20.9 Å². The van der Waals surface area contributed by atoms with Crippen molar-refractivity contribution < 1.29 is 33.7 Å². The van der Waals surface area contributed by atoms with Crippen molar-refractivity contribution in [1.82, 2.24) is 4.90 Å². The molecule has 1 aliphatic carbocycles. The highest BCUT2D eigenvalue weighted by molar-refractivity contribution is 6.05. The summed E-state index contributed by atoms with van der Waals surface area (Å²) in [7, 11) is 0. The van der Waals surface area contributed by atoms with Gasteiger partial charge in [0.1, 0.15) is 30.0 Å². The van der Waals surface area contributed by atoms with Crippen molar-refractivity contribution in [1.29, 1.82) is 0 Å². The van der Waals surface area contributed by atoms with Crippen LogP contribution in [0.5, 0.6) is 5.75 Å². The summed E-state index contributed by atoms with van der Waals surface area (Å²) in [6.07, 6.45) is 0.752. The SMILES string of the molecule is CCCN1C(=O)[C@H]2[C@H](C[C@H](COc3ccccc3)[C@@]3(O)O[C@H](c4ccc(CO)o4)C[C@@H]23)C1=O. The van der Waals surface area contributed by atoms with Crippen LogP contribution in [0, 0.1) is 23.7 Å². The van der Waals surface area contributed by atoms with Gasteiger partial charge in [0.15, 0.2) is 5.79 Å². The first-order valence-corrected chi connectivity index (χ1v) is 11.6. The number of carbonyl (C=O) groups excluding carboxylic acids is 2. The fourth-order valence-electron chi connectivity index (χ4n) is 5.73. The summed E-state index contributed by atoms with van der Waals surface area (Å²) in [5, 5.41) is 21.2. The second-order valence-corrected chi connectivity index (χ2v) is 9.18. The summed E-state index contributed by atoms with van der Waals surface area (Å²) in [5.41, 5.74) is 0. The third-order valence-electron chi connectivity index (χ3n) is 7.25. The van der Waals surface area contributed by atoms with E-state index >= 15 is 0 Å². The highest BCUT2D eigenvalue weighted by atomic mass is 16.6. The first-order chi connectivity index (χ1) is 16.0. The normalized spacial score (nSPS) is 33.3. The third-order valence-corrected chi connectivity index (χ3v) is 7.25. The average Bonchev–Trinajstić information content (AvgIpc) is 3.50. The maximum absolute atomic E-state index is 13.3. The number of carbonyl (C=O) groups is 2. The van der Waals surface area contributed by atoms with Crippen molar-refractivity contribution in [2.75, 3.05) is 13.2 Å². The van der Waals surface area contributed by atoms with E-state index in [1.54, 1.807) is 12.1 Å². The summed E-state index contributed by atoms with van der Waals surface area (Å²) in [6.45, 7) is 2.23. The molecule has 2 aromatic rings. The third kappa shape index (κ3) is 3.66. The van der Waals surface area contributed by atoms with Gasteiger partial charge in [-0.2, -0.15) is 0 Å². The zero-order valence-electron chi connectivity index (χ0n) is 18.6. The van der Waals surface area contributed by atoms with Crippen LogP contribution in [0.15, 0.2) is 46.9 Å². The van der Waals surface area contributed by atoms with Crippen LogP contribution in [0.3, 0.4) is 0 Å². The topological polar surface area (TPSA) is 109 Å². The van der Waals surface area contributed by atoms with E-state index in [9.17, 15) is 19.8 Å². The van der Waals surface area contributed by atoms with Crippen LogP contribution in [0.2, 0.25) is 0 Å². The number of benzene rings is 1. The van der Waals surface area contributed by atoms with Crippen LogP contribution in [0.1, 0.15) is 43.8 Å². The first kappa shape index (κ1) is 22.1. The smallest absolute Gasteiger partial charge is 0.233 e. The second-order valence-electron chi connectivity index (χ2n) is 9.18. The highest BCUT2D eigenvalue weighted by Gasteiger charge is 2.67. The zero-order chi connectivity index (χ0) is 23.2. The molecule has 176 valence electrons.